The Hall–Kier alpha value is -1.52. The van der Waals surface area contributed by atoms with Crippen molar-refractivity contribution >= 4 is 28.1 Å². The molecule has 0 aromatic heterocycles. The Labute approximate surface area is 179 Å². The lowest BCUT2D eigenvalue weighted by molar-refractivity contribution is -0.144. The van der Waals surface area contributed by atoms with Crippen LogP contribution in [-0.2, 0) is 19.8 Å². The lowest BCUT2D eigenvalue weighted by Gasteiger charge is -2.44. The van der Waals surface area contributed by atoms with E-state index in [4.69, 9.17) is 0 Å². The molecule has 30 heavy (non-hydrogen) atoms. The highest BCUT2D eigenvalue weighted by Gasteiger charge is 2.47. The minimum atomic E-state index is -3.49. The van der Waals surface area contributed by atoms with Crippen LogP contribution in [0.25, 0.3) is 0 Å². The van der Waals surface area contributed by atoms with Gasteiger partial charge in [-0.15, -0.1) is 0 Å². The number of unbranched alkanes of at least 4 members (excludes halogenated alkanes) is 1. The Bertz CT molecular complexity index is 817. The topological polar surface area (TPSA) is 107 Å². The van der Waals surface area contributed by atoms with Crippen LogP contribution in [0.2, 0.25) is 0 Å². The zero-order valence-electron chi connectivity index (χ0n) is 18.4. The third-order valence-corrected chi connectivity index (χ3v) is 8.20. The molecule has 2 heterocycles. The van der Waals surface area contributed by atoms with Crippen LogP contribution in [0.5, 0.6) is 0 Å². The van der Waals surface area contributed by atoms with Crippen LogP contribution in [0.4, 0.5) is 4.79 Å². The Kier molecular flexibility index (Phi) is 6.33. The molecule has 4 amide bonds. The molecule has 1 N–H and O–H groups in total. The average molecular weight is 443 g/mol. The molecule has 0 aromatic carbocycles. The fraction of sp³-hybridized carbons (Fsp3) is 0.850. The minimum Gasteiger partial charge on any atom is -0.274 e. The van der Waals surface area contributed by atoms with Crippen LogP contribution in [0.1, 0.15) is 72.6 Å². The molecule has 0 radical (unpaired) electrons. The second kappa shape index (κ2) is 8.20. The highest BCUT2D eigenvalue weighted by atomic mass is 32.2. The second-order valence-corrected chi connectivity index (χ2v) is 11.6. The number of urea groups is 1. The molecule has 2 aliphatic heterocycles. The van der Waals surface area contributed by atoms with E-state index >= 15 is 0 Å². The summed E-state index contributed by atoms with van der Waals surface area (Å²) in [6.45, 7) is 8.97. The summed E-state index contributed by atoms with van der Waals surface area (Å²) in [5.74, 6) is -0.830. The fourth-order valence-electron chi connectivity index (χ4n) is 4.80. The quantitative estimate of drug-likeness (QED) is 0.632. The molecule has 0 atom stereocenters. The van der Waals surface area contributed by atoms with Gasteiger partial charge in [-0.2, -0.15) is 17.4 Å². The summed E-state index contributed by atoms with van der Waals surface area (Å²) in [6.07, 6.45) is 3.99. The van der Waals surface area contributed by atoms with Crippen LogP contribution in [-0.4, -0.2) is 71.6 Å². The van der Waals surface area contributed by atoms with E-state index in [1.807, 2.05) is 20.8 Å². The summed E-state index contributed by atoms with van der Waals surface area (Å²) in [4.78, 5) is 40.0. The number of carbonyl (C=O) groups is 3. The van der Waals surface area contributed by atoms with E-state index in [9.17, 15) is 22.8 Å². The van der Waals surface area contributed by atoms with Crippen molar-refractivity contribution in [2.24, 2.45) is 5.41 Å². The van der Waals surface area contributed by atoms with Gasteiger partial charge >= 0.3 is 6.03 Å². The van der Waals surface area contributed by atoms with Gasteiger partial charge in [0, 0.05) is 31.2 Å². The maximum atomic E-state index is 12.9. The van der Waals surface area contributed by atoms with E-state index < -0.39 is 33.6 Å². The number of hydrogen-bond acceptors (Lipinski definition) is 5. The summed E-state index contributed by atoms with van der Waals surface area (Å²) < 4.78 is 29.0. The third-order valence-electron chi connectivity index (χ3n) is 6.45. The number of amides is 4. The number of rotatable bonds is 6. The summed E-state index contributed by atoms with van der Waals surface area (Å²) in [5.41, 5.74) is -0.710. The van der Waals surface area contributed by atoms with Crippen LogP contribution >= 0.6 is 0 Å². The predicted molar refractivity (Wildman–Crippen MR) is 112 cm³/mol. The monoisotopic (exact) mass is 442 g/mol. The zero-order valence-corrected chi connectivity index (χ0v) is 19.3. The molecule has 0 unspecified atom stereocenters. The van der Waals surface area contributed by atoms with Crippen LogP contribution in [0, 0.1) is 5.41 Å². The molecule has 0 bridgehead atoms. The van der Waals surface area contributed by atoms with Crippen molar-refractivity contribution in [1.82, 2.24) is 18.8 Å². The van der Waals surface area contributed by atoms with E-state index in [2.05, 4.69) is 11.6 Å². The average Bonchev–Trinajstić information content (AvgIpc) is 2.82. The highest BCUT2D eigenvalue weighted by molar-refractivity contribution is 7.87. The van der Waals surface area contributed by atoms with Gasteiger partial charge in [-0.25, -0.2) is 4.79 Å². The van der Waals surface area contributed by atoms with E-state index in [0.29, 0.717) is 45.3 Å². The van der Waals surface area contributed by atoms with Gasteiger partial charge in [-0.3, -0.25) is 19.4 Å². The first-order chi connectivity index (χ1) is 13.9. The Morgan fingerprint density at radius 3 is 2.23 bits per heavy atom. The van der Waals surface area contributed by atoms with Crippen LogP contribution in [0.15, 0.2) is 0 Å². The summed E-state index contributed by atoms with van der Waals surface area (Å²) in [6, 6.07) is -0.730. The number of carbonyl (C=O) groups excluding carboxylic acids is 3. The molecule has 2 saturated heterocycles. The lowest BCUT2D eigenvalue weighted by atomic mass is 9.73. The van der Waals surface area contributed by atoms with Gasteiger partial charge in [0.15, 0.2) is 0 Å². The normalized spacial score (nSPS) is 32.1. The lowest BCUT2D eigenvalue weighted by Crippen LogP contribution is -2.59. The van der Waals surface area contributed by atoms with Crippen molar-refractivity contribution in [3.05, 3.63) is 0 Å². The van der Waals surface area contributed by atoms with E-state index in [1.165, 1.54) is 14.1 Å². The molecule has 3 fully saturated rings. The highest BCUT2D eigenvalue weighted by Crippen LogP contribution is 2.40. The van der Waals surface area contributed by atoms with Gasteiger partial charge in [0.1, 0.15) is 6.42 Å². The number of nitrogens with one attached hydrogen (secondary N) is 1. The van der Waals surface area contributed by atoms with Gasteiger partial charge in [0.2, 0.25) is 11.8 Å². The number of barbiturate groups is 1. The van der Waals surface area contributed by atoms with Crippen LogP contribution < -0.4 is 4.72 Å². The molecule has 1 saturated carbocycles. The Morgan fingerprint density at radius 2 is 1.70 bits per heavy atom. The van der Waals surface area contributed by atoms with E-state index in [0.717, 1.165) is 12.8 Å². The smallest absolute Gasteiger partial charge is 0.274 e. The maximum Gasteiger partial charge on any atom is 0.333 e. The van der Waals surface area contributed by atoms with Crippen molar-refractivity contribution < 1.29 is 22.8 Å². The van der Waals surface area contributed by atoms with E-state index in [1.54, 1.807) is 0 Å². The van der Waals surface area contributed by atoms with Crippen molar-refractivity contribution in [2.75, 3.05) is 19.6 Å². The van der Waals surface area contributed by atoms with Gasteiger partial charge < -0.3 is 0 Å². The summed E-state index contributed by atoms with van der Waals surface area (Å²) >= 11 is 0. The molecule has 9 nitrogen and oxygen atoms in total. The molecular weight excluding hydrogens is 408 g/mol. The van der Waals surface area contributed by atoms with Gasteiger partial charge in [-0.05, 0) is 51.4 Å². The number of nitrogens with zero attached hydrogens (tertiary/aromatic N) is 3. The first-order valence-corrected chi connectivity index (χ1v) is 12.3. The van der Waals surface area contributed by atoms with Crippen LogP contribution in [0.3, 0.4) is 0 Å². The maximum absolute atomic E-state index is 12.9. The predicted octanol–water partition coefficient (Wildman–Crippen LogP) is 1.84. The molecule has 10 heteroatoms. The van der Waals surface area contributed by atoms with Crippen molar-refractivity contribution in [3.63, 3.8) is 0 Å². The second-order valence-electron chi connectivity index (χ2n) is 9.92. The first-order valence-electron chi connectivity index (χ1n) is 10.8. The molecule has 0 aromatic rings. The van der Waals surface area contributed by atoms with E-state index in [-0.39, 0.29) is 17.9 Å². The molecule has 3 aliphatic rings. The SMILES string of the molecule is CCCCN1C(=O)CC(=O)N(C2CCC(C)(CN3CC(C)(C)NS3(=O)=O)CC2)C1=O. The molecule has 1 aliphatic carbocycles. The molecule has 0 spiro atoms. The molecule has 170 valence electrons. The van der Waals surface area contributed by atoms with Crippen molar-refractivity contribution in [1.29, 1.82) is 0 Å². The molecular formula is C20H34N4O5S. The Morgan fingerprint density at radius 1 is 1.07 bits per heavy atom. The van der Waals surface area contributed by atoms with Crippen molar-refractivity contribution in [3.8, 4) is 0 Å². The van der Waals surface area contributed by atoms with Gasteiger partial charge in [-0.1, -0.05) is 20.3 Å². The number of imide groups is 2. The zero-order chi connectivity index (χ0) is 22.3. The van der Waals surface area contributed by atoms with Gasteiger partial charge in [0.05, 0.1) is 0 Å². The van der Waals surface area contributed by atoms with Gasteiger partial charge in [0.25, 0.3) is 10.2 Å². The Balaban J connectivity index is 1.65. The largest absolute Gasteiger partial charge is 0.333 e. The summed E-state index contributed by atoms with van der Waals surface area (Å²) in [5, 5.41) is 0. The first kappa shape index (κ1) is 23.1. The number of hydrogen-bond donors (Lipinski definition) is 1. The minimum absolute atomic E-state index is 0.217. The third kappa shape index (κ3) is 4.70. The van der Waals surface area contributed by atoms with Crippen molar-refractivity contribution in [2.45, 2.75) is 84.2 Å². The molecule has 3 rings (SSSR count). The standard InChI is InChI=1S/C20H34N4O5S/c1-5-6-11-23-16(25)12-17(26)24(18(23)27)15-7-9-20(4,10-8-15)14-22-13-19(2,3)21-30(22,28)29/h15,21H,5-14H2,1-4H3. The summed E-state index contributed by atoms with van der Waals surface area (Å²) in [7, 11) is -3.49. The fourth-order valence-corrected chi connectivity index (χ4v) is 6.67.